The Labute approximate surface area is 200 Å². The van der Waals surface area contributed by atoms with Crippen LogP contribution in [0.3, 0.4) is 0 Å². The van der Waals surface area contributed by atoms with Gasteiger partial charge < -0.3 is 9.32 Å². The fourth-order valence-corrected chi connectivity index (χ4v) is 4.82. The number of furan rings is 1. The van der Waals surface area contributed by atoms with E-state index in [9.17, 15) is 14.4 Å². The molecular formula is C26H19N3O4S. The van der Waals surface area contributed by atoms with Crippen LogP contribution < -0.4 is 0 Å². The molecule has 3 amide bonds. The van der Waals surface area contributed by atoms with E-state index in [1.165, 1.54) is 11.6 Å². The minimum atomic E-state index is -0.503. The predicted octanol–water partition coefficient (Wildman–Crippen LogP) is 4.44. The van der Waals surface area contributed by atoms with Crippen molar-refractivity contribution in [1.29, 1.82) is 5.26 Å². The molecule has 0 aliphatic carbocycles. The third-order valence-corrected chi connectivity index (χ3v) is 6.76. The van der Waals surface area contributed by atoms with Crippen LogP contribution in [0.25, 0.3) is 17.4 Å². The van der Waals surface area contributed by atoms with Gasteiger partial charge in [0.15, 0.2) is 0 Å². The zero-order valence-corrected chi connectivity index (χ0v) is 18.9. The van der Waals surface area contributed by atoms with Crippen molar-refractivity contribution in [3.05, 3.63) is 88.0 Å². The van der Waals surface area contributed by atoms with E-state index in [1.54, 1.807) is 41.3 Å². The largest absolute Gasteiger partial charge is 0.457 e. The molecule has 3 aromatic rings. The average molecular weight is 470 g/mol. The molecule has 168 valence electrons. The Bertz CT molecular complexity index is 1370. The molecule has 2 aliphatic rings. The van der Waals surface area contributed by atoms with Crippen molar-refractivity contribution < 1.29 is 18.8 Å². The van der Waals surface area contributed by atoms with Crippen molar-refractivity contribution in [2.45, 2.75) is 13.0 Å². The van der Waals surface area contributed by atoms with Gasteiger partial charge in [-0.3, -0.25) is 19.3 Å². The van der Waals surface area contributed by atoms with Crippen molar-refractivity contribution in [1.82, 2.24) is 9.80 Å². The minimum Gasteiger partial charge on any atom is -0.457 e. The molecule has 1 aromatic heterocycles. The molecule has 0 atom stereocenters. The highest BCUT2D eigenvalue weighted by Gasteiger charge is 2.37. The van der Waals surface area contributed by atoms with Gasteiger partial charge in [-0.05, 0) is 65.7 Å². The summed E-state index contributed by atoms with van der Waals surface area (Å²) in [4.78, 5) is 41.1. The summed E-state index contributed by atoms with van der Waals surface area (Å²) < 4.78 is 5.80. The summed E-state index contributed by atoms with van der Waals surface area (Å²) >= 11 is 0.796. The number of thioether (sulfide) groups is 1. The Morgan fingerprint density at radius 3 is 2.59 bits per heavy atom. The lowest BCUT2D eigenvalue weighted by Crippen LogP contribution is -2.44. The van der Waals surface area contributed by atoms with Crippen LogP contribution in [-0.4, -0.2) is 39.9 Å². The van der Waals surface area contributed by atoms with Crippen LogP contribution in [0.2, 0.25) is 0 Å². The number of nitrogens with zero attached hydrogens (tertiary/aromatic N) is 3. The van der Waals surface area contributed by atoms with Crippen LogP contribution in [0.5, 0.6) is 0 Å². The zero-order valence-electron chi connectivity index (χ0n) is 18.1. The standard InChI is InChI=1S/C26H19N3O4S/c27-14-17-5-7-19(8-6-17)22-10-9-21(33-22)13-23-25(31)29(26(32)34-23)16-24(30)28-12-11-18-3-1-2-4-20(18)15-28/h1-10,13H,11-12,15-16H2. The van der Waals surface area contributed by atoms with Gasteiger partial charge in [-0.2, -0.15) is 5.26 Å². The molecule has 1 saturated heterocycles. The van der Waals surface area contributed by atoms with Gasteiger partial charge in [0.2, 0.25) is 5.91 Å². The van der Waals surface area contributed by atoms with Gasteiger partial charge in [0.25, 0.3) is 11.1 Å². The Kier molecular flexibility index (Phi) is 5.78. The fourth-order valence-electron chi connectivity index (χ4n) is 4.00. The molecule has 0 spiro atoms. The Hall–Kier alpha value is -4.09. The van der Waals surface area contributed by atoms with Gasteiger partial charge in [-0.25, -0.2) is 0 Å². The first-order valence-corrected chi connectivity index (χ1v) is 11.5. The van der Waals surface area contributed by atoms with E-state index >= 15 is 0 Å². The molecule has 5 rings (SSSR count). The van der Waals surface area contributed by atoms with Crippen molar-refractivity contribution in [3.8, 4) is 17.4 Å². The maximum atomic E-state index is 12.9. The van der Waals surface area contributed by atoms with Gasteiger partial charge in [-0.15, -0.1) is 0 Å². The Morgan fingerprint density at radius 2 is 1.82 bits per heavy atom. The predicted molar refractivity (Wildman–Crippen MR) is 127 cm³/mol. The van der Waals surface area contributed by atoms with Crippen molar-refractivity contribution in [2.24, 2.45) is 0 Å². The van der Waals surface area contributed by atoms with E-state index in [1.807, 2.05) is 18.2 Å². The Morgan fingerprint density at radius 1 is 1.06 bits per heavy atom. The van der Waals surface area contributed by atoms with Crippen LogP contribution in [0.15, 0.2) is 70.0 Å². The van der Waals surface area contributed by atoms with E-state index in [2.05, 4.69) is 12.1 Å². The van der Waals surface area contributed by atoms with Crippen molar-refractivity contribution in [2.75, 3.05) is 13.1 Å². The van der Waals surface area contributed by atoms with Gasteiger partial charge in [0, 0.05) is 24.7 Å². The summed E-state index contributed by atoms with van der Waals surface area (Å²) in [5.74, 6) is 0.246. The first-order valence-electron chi connectivity index (χ1n) is 10.7. The first-order chi connectivity index (χ1) is 16.5. The van der Waals surface area contributed by atoms with Crippen LogP contribution in [0.4, 0.5) is 4.79 Å². The minimum absolute atomic E-state index is 0.211. The van der Waals surface area contributed by atoms with E-state index in [-0.39, 0.29) is 17.4 Å². The third kappa shape index (κ3) is 4.26. The molecule has 0 bridgehead atoms. The number of fused-ring (bicyclic) bond motifs is 1. The normalized spacial score (nSPS) is 16.6. The highest BCUT2D eigenvalue weighted by molar-refractivity contribution is 8.18. The van der Waals surface area contributed by atoms with E-state index < -0.39 is 11.1 Å². The molecule has 1 fully saturated rings. The van der Waals surface area contributed by atoms with E-state index in [0.29, 0.717) is 30.2 Å². The molecule has 0 unspecified atom stereocenters. The molecule has 2 aromatic carbocycles. The molecule has 0 radical (unpaired) electrons. The number of hydrogen-bond acceptors (Lipinski definition) is 6. The molecule has 7 nitrogen and oxygen atoms in total. The lowest BCUT2D eigenvalue weighted by molar-refractivity contribution is -0.136. The summed E-state index contributed by atoms with van der Waals surface area (Å²) in [6.07, 6.45) is 2.27. The lowest BCUT2D eigenvalue weighted by atomic mass is 10.00. The number of amides is 3. The second-order valence-electron chi connectivity index (χ2n) is 7.99. The first kappa shape index (κ1) is 21.7. The summed E-state index contributed by atoms with van der Waals surface area (Å²) in [5, 5.41) is 8.46. The number of nitriles is 1. The van der Waals surface area contributed by atoms with Crippen LogP contribution in [0, 0.1) is 11.3 Å². The average Bonchev–Trinajstić information content (AvgIpc) is 3.44. The number of rotatable bonds is 4. The van der Waals surface area contributed by atoms with E-state index in [4.69, 9.17) is 9.68 Å². The molecule has 0 N–H and O–H groups in total. The van der Waals surface area contributed by atoms with Crippen LogP contribution >= 0.6 is 11.8 Å². The number of carbonyl (C=O) groups is 3. The van der Waals surface area contributed by atoms with Gasteiger partial charge in [0.05, 0.1) is 16.5 Å². The maximum Gasteiger partial charge on any atom is 0.294 e. The SMILES string of the molecule is N#Cc1ccc(-c2ccc(C=C3SC(=O)N(CC(=O)N4CCc5ccccc5C4)C3=O)o2)cc1. The van der Waals surface area contributed by atoms with Gasteiger partial charge in [-0.1, -0.05) is 24.3 Å². The molecular weight excluding hydrogens is 450 g/mol. The maximum absolute atomic E-state index is 12.9. The zero-order chi connectivity index (χ0) is 23.7. The summed E-state index contributed by atoms with van der Waals surface area (Å²) in [6.45, 7) is 0.761. The highest BCUT2D eigenvalue weighted by atomic mass is 32.2. The smallest absolute Gasteiger partial charge is 0.294 e. The van der Waals surface area contributed by atoms with Gasteiger partial charge in [0.1, 0.15) is 18.1 Å². The summed E-state index contributed by atoms with van der Waals surface area (Å²) in [7, 11) is 0. The highest BCUT2D eigenvalue weighted by Crippen LogP contribution is 2.33. The third-order valence-electron chi connectivity index (χ3n) is 5.85. The molecule has 8 heteroatoms. The van der Waals surface area contributed by atoms with Crippen LogP contribution in [0.1, 0.15) is 22.5 Å². The van der Waals surface area contributed by atoms with Crippen molar-refractivity contribution >= 4 is 34.9 Å². The lowest BCUT2D eigenvalue weighted by Gasteiger charge is -2.29. The number of carbonyl (C=O) groups excluding carboxylic acids is 3. The molecule has 0 saturated carbocycles. The van der Waals surface area contributed by atoms with Crippen LogP contribution in [-0.2, 0) is 22.6 Å². The topological polar surface area (TPSA) is 94.6 Å². The number of hydrogen-bond donors (Lipinski definition) is 0. The number of imide groups is 1. The quantitative estimate of drug-likeness (QED) is 0.525. The molecule has 2 aliphatic heterocycles. The summed E-state index contributed by atoms with van der Waals surface area (Å²) in [6, 6.07) is 20.4. The van der Waals surface area contributed by atoms with Gasteiger partial charge >= 0.3 is 0 Å². The number of benzene rings is 2. The Balaban J connectivity index is 1.27. The van der Waals surface area contributed by atoms with E-state index in [0.717, 1.165) is 34.2 Å². The fraction of sp³-hybridized carbons (Fsp3) is 0.154. The second kappa shape index (κ2) is 9.04. The second-order valence-corrected chi connectivity index (χ2v) is 8.99. The monoisotopic (exact) mass is 469 g/mol. The summed E-state index contributed by atoms with van der Waals surface area (Å²) in [5.41, 5.74) is 3.65. The molecule has 34 heavy (non-hydrogen) atoms. The van der Waals surface area contributed by atoms with Crippen molar-refractivity contribution in [3.63, 3.8) is 0 Å². The molecule has 3 heterocycles.